The van der Waals surface area contributed by atoms with Crippen LogP contribution in [-0.2, 0) is 23.2 Å². The van der Waals surface area contributed by atoms with Crippen LogP contribution in [0.1, 0.15) is 25.7 Å². The molecule has 0 saturated carbocycles. The van der Waals surface area contributed by atoms with E-state index < -0.39 is 17.2 Å². The van der Waals surface area contributed by atoms with E-state index in [1.807, 2.05) is 0 Å². The molecular weight excluding hydrogens is 302 g/mol. The minimum Gasteiger partial charge on any atom is -0.481 e. The Labute approximate surface area is 132 Å². The molecule has 0 unspecified atom stereocenters. The highest BCUT2D eigenvalue weighted by Crippen LogP contribution is 2.21. The molecule has 0 bridgehead atoms. The van der Waals surface area contributed by atoms with Crippen LogP contribution < -0.4 is 11.2 Å². The molecule has 0 aliphatic carbocycles. The van der Waals surface area contributed by atoms with Crippen LogP contribution in [-0.4, -0.2) is 44.1 Å². The van der Waals surface area contributed by atoms with Gasteiger partial charge in [-0.1, -0.05) is 0 Å². The van der Waals surface area contributed by atoms with Crippen molar-refractivity contribution >= 4 is 11.9 Å². The smallest absolute Gasteiger partial charge is 0.331 e. The minimum atomic E-state index is -0.829. The highest BCUT2D eigenvalue weighted by atomic mass is 16.4. The van der Waals surface area contributed by atoms with Gasteiger partial charge in [-0.05, 0) is 25.2 Å². The Hall–Kier alpha value is -2.38. The van der Waals surface area contributed by atoms with Crippen molar-refractivity contribution in [2.24, 2.45) is 13.0 Å². The van der Waals surface area contributed by atoms with Crippen LogP contribution in [0.2, 0.25) is 0 Å². The molecule has 1 aromatic heterocycles. The average molecular weight is 323 g/mol. The maximum absolute atomic E-state index is 12.4. The SMILES string of the molecule is Cn1c(=O)ccn(CC(=O)N2CCC[C@@H](CCC(=O)O)C2)c1=O. The van der Waals surface area contributed by atoms with Crippen molar-refractivity contribution in [1.29, 1.82) is 0 Å². The summed E-state index contributed by atoms with van der Waals surface area (Å²) in [7, 11) is 1.37. The second-order valence-electron chi connectivity index (χ2n) is 5.90. The lowest BCUT2D eigenvalue weighted by Crippen LogP contribution is -2.44. The van der Waals surface area contributed by atoms with E-state index in [-0.39, 0.29) is 24.8 Å². The summed E-state index contributed by atoms with van der Waals surface area (Å²) in [6.45, 7) is 1.02. The van der Waals surface area contributed by atoms with Gasteiger partial charge in [0.05, 0.1) is 0 Å². The zero-order chi connectivity index (χ0) is 17.0. The molecule has 1 aliphatic rings. The lowest BCUT2D eigenvalue weighted by molar-refractivity contribution is -0.137. The number of aromatic nitrogens is 2. The van der Waals surface area contributed by atoms with Gasteiger partial charge in [0.15, 0.2) is 0 Å². The number of carbonyl (C=O) groups excluding carboxylic acids is 1. The van der Waals surface area contributed by atoms with Crippen LogP contribution in [0.15, 0.2) is 21.9 Å². The monoisotopic (exact) mass is 323 g/mol. The first kappa shape index (κ1) is 17.0. The molecule has 0 aromatic carbocycles. The molecule has 0 radical (unpaired) electrons. The summed E-state index contributed by atoms with van der Waals surface area (Å²) in [5.41, 5.74) is -0.935. The number of carboxylic acids is 1. The summed E-state index contributed by atoms with van der Waals surface area (Å²) >= 11 is 0. The summed E-state index contributed by atoms with van der Waals surface area (Å²) in [5.74, 6) is -0.836. The van der Waals surface area contributed by atoms with Gasteiger partial charge in [-0.3, -0.25) is 23.5 Å². The molecule has 8 nitrogen and oxygen atoms in total. The number of nitrogens with zero attached hydrogens (tertiary/aromatic N) is 3. The Kier molecular flexibility index (Phi) is 5.36. The first-order valence-electron chi connectivity index (χ1n) is 7.64. The van der Waals surface area contributed by atoms with Gasteiger partial charge >= 0.3 is 11.7 Å². The Bertz CT molecular complexity index is 706. The predicted molar refractivity (Wildman–Crippen MR) is 82.1 cm³/mol. The van der Waals surface area contributed by atoms with Crippen molar-refractivity contribution in [3.05, 3.63) is 33.1 Å². The van der Waals surface area contributed by atoms with Gasteiger partial charge in [0.2, 0.25) is 5.91 Å². The van der Waals surface area contributed by atoms with Crippen LogP contribution in [0, 0.1) is 5.92 Å². The second-order valence-corrected chi connectivity index (χ2v) is 5.90. The van der Waals surface area contributed by atoms with Gasteiger partial charge in [-0.15, -0.1) is 0 Å². The fourth-order valence-corrected chi connectivity index (χ4v) is 2.84. The first-order valence-corrected chi connectivity index (χ1v) is 7.64. The van der Waals surface area contributed by atoms with E-state index in [0.717, 1.165) is 17.4 Å². The Morgan fingerprint density at radius 3 is 2.78 bits per heavy atom. The van der Waals surface area contributed by atoms with Crippen molar-refractivity contribution in [1.82, 2.24) is 14.0 Å². The maximum atomic E-state index is 12.4. The number of aliphatic carboxylic acids is 1. The molecule has 126 valence electrons. The van der Waals surface area contributed by atoms with Gasteiger partial charge in [0.1, 0.15) is 6.54 Å². The number of likely N-dealkylation sites (tertiary alicyclic amines) is 1. The standard InChI is InChI=1S/C15H21N3O5/c1-16-12(19)6-8-18(15(16)23)10-13(20)17-7-2-3-11(9-17)4-5-14(21)22/h6,8,11H,2-5,7,9-10H2,1H3,(H,21,22)/t11-/m0/s1. The lowest BCUT2D eigenvalue weighted by Gasteiger charge is -2.32. The molecule has 1 saturated heterocycles. The van der Waals surface area contributed by atoms with E-state index in [0.29, 0.717) is 19.5 Å². The minimum absolute atomic E-state index is 0.104. The number of hydrogen-bond donors (Lipinski definition) is 1. The van der Waals surface area contributed by atoms with Crippen molar-refractivity contribution in [3.63, 3.8) is 0 Å². The molecule has 1 fully saturated rings. The Morgan fingerprint density at radius 2 is 2.09 bits per heavy atom. The highest BCUT2D eigenvalue weighted by molar-refractivity contribution is 5.76. The fraction of sp³-hybridized carbons (Fsp3) is 0.600. The molecule has 2 rings (SSSR count). The zero-order valence-electron chi connectivity index (χ0n) is 13.1. The van der Waals surface area contributed by atoms with Gasteiger partial charge in [-0.25, -0.2) is 4.79 Å². The molecular formula is C15H21N3O5. The second kappa shape index (κ2) is 7.26. The van der Waals surface area contributed by atoms with Crippen LogP contribution in [0.4, 0.5) is 0 Å². The predicted octanol–water partition coefficient (Wildman–Crippen LogP) is -0.350. The number of piperidine rings is 1. The van der Waals surface area contributed by atoms with Gasteiger partial charge in [0.25, 0.3) is 5.56 Å². The molecule has 23 heavy (non-hydrogen) atoms. The van der Waals surface area contributed by atoms with Crippen LogP contribution in [0.3, 0.4) is 0 Å². The van der Waals surface area contributed by atoms with E-state index in [1.165, 1.54) is 23.9 Å². The van der Waals surface area contributed by atoms with Gasteiger partial charge < -0.3 is 10.0 Å². The number of hydrogen-bond acceptors (Lipinski definition) is 4. The molecule has 1 N–H and O–H groups in total. The summed E-state index contributed by atoms with van der Waals surface area (Å²) in [6, 6.07) is 1.25. The third-order valence-corrected chi connectivity index (χ3v) is 4.20. The molecule has 1 amide bonds. The fourth-order valence-electron chi connectivity index (χ4n) is 2.84. The third kappa shape index (κ3) is 4.30. The molecule has 1 aliphatic heterocycles. The molecule has 1 atom stereocenters. The number of carbonyl (C=O) groups is 2. The topological polar surface area (TPSA) is 102 Å². The summed E-state index contributed by atoms with van der Waals surface area (Å²) in [5, 5.41) is 8.75. The summed E-state index contributed by atoms with van der Waals surface area (Å²) < 4.78 is 2.17. The van der Waals surface area contributed by atoms with Crippen LogP contribution >= 0.6 is 0 Å². The Morgan fingerprint density at radius 1 is 1.35 bits per heavy atom. The summed E-state index contributed by atoms with van der Waals surface area (Å²) in [4.78, 5) is 48.0. The maximum Gasteiger partial charge on any atom is 0.331 e. The highest BCUT2D eigenvalue weighted by Gasteiger charge is 2.24. The quantitative estimate of drug-likeness (QED) is 0.798. The molecule has 0 spiro atoms. The third-order valence-electron chi connectivity index (χ3n) is 4.20. The summed E-state index contributed by atoms with van der Waals surface area (Å²) in [6.07, 6.45) is 3.73. The zero-order valence-corrected chi connectivity index (χ0v) is 13.1. The number of rotatable bonds is 5. The van der Waals surface area contributed by atoms with Crippen molar-refractivity contribution in [2.45, 2.75) is 32.2 Å². The van der Waals surface area contributed by atoms with Crippen molar-refractivity contribution in [2.75, 3.05) is 13.1 Å². The number of carboxylic acid groups (broad SMARTS) is 1. The van der Waals surface area contributed by atoms with Gasteiger partial charge in [-0.2, -0.15) is 0 Å². The lowest BCUT2D eigenvalue weighted by atomic mass is 9.93. The molecule has 2 heterocycles. The van der Waals surface area contributed by atoms with Gasteiger partial charge in [0, 0.05) is 38.8 Å². The average Bonchev–Trinajstić information content (AvgIpc) is 2.53. The van der Waals surface area contributed by atoms with Crippen LogP contribution in [0.25, 0.3) is 0 Å². The van der Waals surface area contributed by atoms with E-state index in [2.05, 4.69) is 0 Å². The van der Waals surface area contributed by atoms with Crippen LogP contribution in [0.5, 0.6) is 0 Å². The largest absolute Gasteiger partial charge is 0.481 e. The van der Waals surface area contributed by atoms with E-state index in [4.69, 9.17) is 5.11 Å². The van der Waals surface area contributed by atoms with E-state index in [9.17, 15) is 19.2 Å². The normalized spacial score (nSPS) is 18.0. The first-order chi connectivity index (χ1) is 10.9. The van der Waals surface area contributed by atoms with Crippen molar-refractivity contribution in [3.8, 4) is 0 Å². The van der Waals surface area contributed by atoms with E-state index in [1.54, 1.807) is 4.90 Å². The van der Waals surface area contributed by atoms with E-state index >= 15 is 0 Å². The molecule has 1 aromatic rings. The molecule has 8 heteroatoms. The van der Waals surface area contributed by atoms with Crippen molar-refractivity contribution < 1.29 is 14.7 Å². The Balaban J connectivity index is 2.00. The number of amides is 1.